The third-order valence-electron chi connectivity index (χ3n) is 7.33. The summed E-state index contributed by atoms with van der Waals surface area (Å²) in [6.07, 6.45) is 8.55. The number of carbonyl (C=O) groups is 1. The minimum absolute atomic E-state index is 0.168. The Bertz CT molecular complexity index is 493. The quantitative estimate of drug-likeness (QED) is 0.715. The van der Waals surface area contributed by atoms with Crippen LogP contribution < -0.4 is 0 Å². The largest absolute Gasteiger partial charge is 0.481 e. The van der Waals surface area contributed by atoms with Gasteiger partial charge < -0.3 is 10.2 Å². The first-order valence-corrected chi connectivity index (χ1v) is 9.13. The number of fused-ring (bicyclic) bond motifs is 1. The van der Waals surface area contributed by atoms with Crippen molar-refractivity contribution in [2.45, 2.75) is 85.2 Å². The summed E-state index contributed by atoms with van der Waals surface area (Å²) >= 11 is 0. The van der Waals surface area contributed by atoms with Crippen LogP contribution in [0.2, 0.25) is 0 Å². The van der Waals surface area contributed by atoms with E-state index >= 15 is 0 Å². The van der Waals surface area contributed by atoms with E-state index in [1.165, 1.54) is 24.8 Å². The molecule has 1 saturated carbocycles. The predicted octanol–water partition coefficient (Wildman–Crippen LogP) is 4.79. The molecule has 0 aliphatic heterocycles. The van der Waals surface area contributed by atoms with Crippen molar-refractivity contribution in [2.24, 2.45) is 22.7 Å². The normalized spacial score (nSPS) is 40.0. The Morgan fingerprint density at radius 2 is 2.04 bits per heavy atom. The molecule has 0 heterocycles. The summed E-state index contributed by atoms with van der Waals surface area (Å²) in [7, 11) is 0. The van der Waals surface area contributed by atoms with E-state index in [-0.39, 0.29) is 17.3 Å². The second-order valence-electron chi connectivity index (χ2n) is 8.95. The Kier molecular flexibility index (Phi) is 5.02. The molecular weight excluding hydrogens is 288 g/mol. The molecule has 23 heavy (non-hydrogen) atoms. The van der Waals surface area contributed by atoms with Gasteiger partial charge in [0.05, 0.1) is 12.0 Å². The van der Waals surface area contributed by atoms with E-state index < -0.39 is 11.6 Å². The van der Waals surface area contributed by atoms with Gasteiger partial charge in [-0.05, 0) is 75.0 Å². The molecule has 132 valence electrons. The molecule has 3 nitrogen and oxygen atoms in total. The number of carboxylic acids is 1. The maximum absolute atomic E-state index is 11.0. The molecule has 2 aliphatic rings. The van der Waals surface area contributed by atoms with Crippen LogP contribution in [0.15, 0.2) is 11.6 Å². The Balaban J connectivity index is 2.20. The smallest absolute Gasteiger partial charge is 0.306 e. The average Bonchev–Trinajstić information content (AvgIpc) is 2.43. The zero-order valence-corrected chi connectivity index (χ0v) is 15.5. The zero-order chi connectivity index (χ0) is 17.5. The number of hydrogen-bond donors (Lipinski definition) is 2. The molecule has 0 saturated heterocycles. The number of allylic oxidation sites excluding steroid dienone is 2. The first-order chi connectivity index (χ1) is 10.5. The lowest BCUT2D eigenvalue weighted by atomic mass is 9.47. The monoisotopic (exact) mass is 322 g/mol. The average molecular weight is 322 g/mol. The van der Waals surface area contributed by atoms with Crippen LogP contribution in [-0.4, -0.2) is 21.8 Å². The highest BCUT2D eigenvalue weighted by Gasteiger charge is 2.53. The first-order valence-electron chi connectivity index (χ1n) is 9.13. The van der Waals surface area contributed by atoms with Gasteiger partial charge in [0.1, 0.15) is 0 Å². The second-order valence-corrected chi connectivity index (χ2v) is 8.95. The fraction of sp³-hybridized carbons (Fsp3) is 0.850. The summed E-state index contributed by atoms with van der Waals surface area (Å²) in [5.41, 5.74) is 0.870. The van der Waals surface area contributed by atoms with E-state index in [2.05, 4.69) is 33.8 Å². The first kappa shape index (κ1) is 18.5. The summed E-state index contributed by atoms with van der Waals surface area (Å²) < 4.78 is 0. The Morgan fingerprint density at radius 1 is 1.39 bits per heavy atom. The van der Waals surface area contributed by atoms with Gasteiger partial charge in [0, 0.05) is 0 Å². The van der Waals surface area contributed by atoms with E-state index in [0.717, 1.165) is 12.8 Å². The van der Waals surface area contributed by atoms with E-state index in [0.29, 0.717) is 18.3 Å². The topological polar surface area (TPSA) is 57.5 Å². The number of hydrogen-bond acceptors (Lipinski definition) is 2. The fourth-order valence-electron chi connectivity index (χ4n) is 5.28. The number of rotatable bonds is 5. The van der Waals surface area contributed by atoms with Crippen molar-refractivity contribution in [1.29, 1.82) is 0 Å². The van der Waals surface area contributed by atoms with Crippen molar-refractivity contribution >= 4 is 5.97 Å². The van der Waals surface area contributed by atoms with Crippen molar-refractivity contribution < 1.29 is 15.0 Å². The Labute approximate surface area is 141 Å². The summed E-state index contributed by atoms with van der Waals surface area (Å²) in [6.45, 7) is 11.1. The van der Waals surface area contributed by atoms with Gasteiger partial charge in [-0.25, -0.2) is 0 Å². The lowest BCUT2D eigenvalue weighted by molar-refractivity contribution is -0.143. The highest BCUT2D eigenvalue weighted by molar-refractivity contribution is 5.68. The van der Waals surface area contributed by atoms with E-state index in [1.54, 1.807) is 6.92 Å². The maximum Gasteiger partial charge on any atom is 0.306 e. The summed E-state index contributed by atoms with van der Waals surface area (Å²) in [5, 5.41) is 19.4. The minimum atomic E-state index is -1.11. The van der Waals surface area contributed by atoms with Crippen LogP contribution in [0.4, 0.5) is 0 Å². The maximum atomic E-state index is 11.0. The molecule has 2 rings (SSSR count). The molecule has 5 atom stereocenters. The van der Waals surface area contributed by atoms with Gasteiger partial charge in [-0.15, -0.1) is 0 Å². The van der Waals surface area contributed by atoms with Gasteiger partial charge in [0.25, 0.3) is 0 Å². The van der Waals surface area contributed by atoms with Gasteiger partial charge >= 0.3 is 5.97 Å². The molecule has 0 aromatic heterocycles. The summed E-state index contributed by atoms with van der Waals surface area (Å²) in [4.78, 5) is 11.0. The van der Waals surface area contributed by atoms with E-state index in [4.69, 9.17) is 5.11 Å². The van der Waals surface area contributed by atoms with Crippen molar-refractivity contribution in [3.63, 3.8) is 0 Å². The number of aliphatic hydroxyl groups is 1. The summed E-state index contributed by atoms with van der Waals surface area (Å²) in [6, 6.07) is 0. The molecular formula is C20H34O3. The van der Waals surface area contributed by atoms with Crippen LogP contribution in [0.1, 0.15) is 79.6 Å². The van der Waals surface area contributed by atoms with Crippen LogP contribution >= 0.6 is 0 Å². The molecule has 1 fully saturated rings. The van der Waals surface area contributed by atoms with E-state index in [1.807, 2.05) is 0 Å². The molecule has 3 heteroatoms. The summed E-state index contributed by atoms with van der Waals surface area (Å²) in [5.74, 6) is 0.328. The highest BCUT2D eigenvalue weighted by Crippen LogP contribution is 2.62. The Hall–Kier alpha value is -0.830. The van der Waals surface area contributed by atoms with Crippen molar-refractivity contribution in [3.05, 3.63) is 11.6 Å². The third-order valence-corrected chi connectivity index (χ3v) is 7.33. The SMILES string of the molecule is CC1=CCCC2C1(C)CCC(C)C2(C)CCC(C)(O)CC(=O)O. The Morgan fingerprint density at radius 3 is 2.65 bits per heavy atom. The van der Waals surface area contributed by atoms with Gasteiger partial charge in [0.2, 0.25) is 0 Å². The molecule has 0 aromatic carbocycles. The molecule has 5 unspecified atom stereocenters. The van der Waals surface area contributed by atoms with Crippen molar-refractivity contribution in [2.75, 3.05) is 0 Å². The molecule has 0 spiro atoms. The van der Waals surface area contributed by atoms with Gasteiger partial charge in [-0.3, -0.25) is 4.79 Å². The van der Waals surface area contributed by atoms with Crippen LogP contribution in [0, 0.1) is 22.7 Å². The molecule has 0 aromatic rings. The van der Waals surface area contributed by atoms with Crippen LogP contribution in [-0.2, 0) is 4.79 Å². The molecule has 2 N–H and O–H groups in total. The highest BCUT2D eigenvalue weighted by atomic mass is 16.4. The van der Waals surface area contributed by atoms with Gasteiger partial charge in [-0.1, -0.05) is 32.4 Å². The van der Waals surface area contributed by atoms with Crippen molar-refractivity contribution in [1.82, 2.24) is 0 Å². The zero-order valence-electron chi connectivity index (χ0n) is 15.5. The molecule has 0 amide bonds. The lowest BCUT2D eigenvalue weighted by Gasteiger charge is -2.58. The van der Waals surface area contributed by atoms with Crippen LogP contribution in [0.25, 0.3) is 0 Å². The predicted molar refractivity (Wildman–Crippen MR) is 93.2 cm³/mol. The second kappa shape index (κ2) is 6.23. The fourth-order valence-corrected chi connectivity index (χ4v) is 5.28. The minimum Gasteiger partial charge on any atom is -0.481 e. The third kappa shape index (κ3) is 3.50. The lowest BCUT2D eigenvalue weighted by Crippen LogP contribution is -2.50. The number of carboxylic acid groups (broad SMARTS) is 1. The van der Waals surface area contributed by atoms with E-state index in [9.17, 15) is 9.90 Å². The van der Waals surface area contributed by atoms with Crippen LogP contribution in [0.5, 0.6) is 0 Å². The van der Waals surface area contributed by atoms with Gasteiger partial charge in [-0.2, -0.15) is 0 Å². The molecule has 0 radical (unpaired) electrons. The molecule has 2 aliphatic carbocycles. The van der Waals surface area contributed by atoms with Crippen LogP contribution in [0.3, 0.4) is 0 Å². The van der Waals surface area contributed by atoms with Crippen molar-refractivity contribution in [3.8, 4) is 0 Å². The standard InChI is InChI=1S/C20H34O3/c1-14-7-6-8-16-19(14,4)10-9-15(2)20(16,5)12-11-18(3,23)13-17(21)22/h7,15-16,23H,6,8-13H2,1-5H3,(H,21,22). The van der Waals surface area contributed by atoms with Gasteiger partial charge in [0.15, 0.2) is 0 Å². The molecule has 0 bridgehead atoms. The number of aliphatic carboxylic acids is 1.